The minimum Gasteiger partial charge on any atom is -0.481 e. The number of carbonyl (C=O) groups is 3. The molecule has 0 aliphatic carbocycles. The molecule has 0 fully saturated rings. The highest BCUT2D eigenvalue weighted by Gasteiger charge is 2.25. The minimum absolute atomic E-state index is 0.0736. The van der Waals surface area contributed by atoms with Gasteiger partial charge < -0.3 is 15.5 Å². The summed E-state index contributed by atoms with van der Waals surface area (Å²) in [5, 5.41) is 21.2. The average molecular weight is 348 g/mol. The van der Waals surface area contributed by atoms with Gasteiger partial charge >= 0.3 is 11.9 Å². The summed E-state index contributed by atoms with van der Waals surface area (Å²) in [5.41, 5.74) is 0.363. The van der Waals surface area contributed by atoms with Crippen LogP contribution in [0, 0.1) is 0 Å². The molecule has 1 atom stereocenters. The largest absolute Gasteiger partial charge is 0.481 e. The molecule has 6 nitrogen and oxygen atoms in total. The molecule has 24 heavy (non-hydrogen) atoms. The maximum Gasteiger partial charge on any atom is 0.337 e. The number of halogens is 1. The molecule has 0 bridgehead atoms. The van der Waals surface area contributed by atoms with Gasteiger partial charge in [0.2, 0.25) is 5.91 Å². The van der Waals surface area contributed by atoms with Gasteiger partial charge in [-0.15, -0.1) is 0 Å². The fourth-order valence-corrected chi connectivity index (χ4v) is 2.52. The van der Waals surface area contributed by atoms with Gasteiger partial charge in [-0.2, -0.15) is 0 Å². The Balaban J connectivity index is 2.20. The van der Waals surface area contributed by atoms with Crippen LogP contribution < -0.4 is 5.32 Å². The quantitative estimate of drug-likeness (QED) is 0.744. The third-order valence-electron chi connectivity index (χ3n) is 3.40. The number of carboxylic acid groups (broad SMARTS) is 2. The first-order valence-corrected chi connectivity index (χ1v) is 7.37. The van der Waals surface area contributed by atoms with Gasteiger partial charge in [-0.05, 0) is 23.8 Å². The molecule has 0 spiro atoms. The lowest BCUT2D eigenvalue weighted by atomic mass is 9.95. The van der Waals surface area contributed by atoms with E-state index >= 15 is 0 Å². The number of hydrogen-bond acceptors (Lipinski definition) is 3. The van der Waals surface area contributed by atoms with Crippen LogP contribution in [-0.4, -0.2) is 28.1 Å². The van der Waals surface area contributed by atoms with E-state index in [-0.39, 0.29) is 22.7 Å². The second-order valence-corrected chi connectivity index (χ2v) is 5.42. The number of hydrogen-bond donors (Lipinski definition) is 3. The van der Waals surface area contributed by atoms with Gasteiger partial charge in [0.25, 0.3) is 0 Å². The lowest BCUT2D eigenvalue weighted by molar-refractivity contribution is -0.140. The smallest absolute Gasteiger partial charge is 0.337 e. The van der Waals surface area contributed by atoms with Crippen LogP contribution in [0.25, 0.3) is 0 Å². The fraction of sp³-hybridized carbons (Fsp3) is 0.118. The van der Waals surface area contributed by atoms with Crippen molar-refractivity contribution >= 4 is 35.1 Å². The number of benzene rings is 2. The molecule has 7 heteroatoms. The van der Waals surface area contributed by atoms with Crippen molar-refractivity contribution < 1.29 is 24.6 Å². The van der Waals surface area contributed by atoms with E-state index in [1.807, 2.05) is 0 Å². The number of nitrogens with one attached hydrogen (secondary N) is 1. The van der Waals surface area contributed by atoms with Crippen LogP contribution in [0.2, 0.25) is 5.02 Å². The van der Waals surface area contributed by atoms with E-state index in [0.717, 1.165) is 0 Å². The monoisotopic (exact) mass is 347 g/mol. The lowest BCUT2D eigenvalue weighted by Gasteiger charge is -2.15. The number of rotatable bonds is 6. The third kappa shape index (κ3) is 4.11. The molecular weight excluding hydrogens is 334 g/mol. The van der Waals surface area contributed by atoms with E-state index in [9.17, 15) is 19.5 Å². The number of carboxylic acids is 2. The van der Waals surface area contributed by atoms with E-state index in [4.69, 9.17) is 16.7 Å². The van der Waals surface area contributed by atoms with Gasteiger partial charge in [0.15, 0.2) is 0 Å². The van der Waals surface area contributed by atoms with Gasteiger partial charge in [-0.1, -0.05) is 41.9 Å². The molecule has 0 aliphatic heterocycles. The van der Waals surface area contributed by atoms with Crippen molar-refractivity contribution in [3.8, 4) is 0 Å². The molecule has 124 valence electrons. The van der Waals surface area contributed by atoms with Crippen LogP contribution in [-0.2, 0) is 9.59 Å². The number of amides is 1. The Labute approximate surface area is 142 Å². The zero-order valence-electron chi connectivity index (χ0n) is 12.4. The maximum atomic E-state index is 12.2. The van der Waals surface area contributed by atoms with E-state index in [1.54, 1.807) is 30.3 Å². The molecule has 1 amide bonds. The summed E-state index contributed by atoms with van der Waals surface area (Å²) in [4.78, 5) is 34.8. The molecule has 3 N–H and O–H groups in total. The zero-order valence-corrected chi connectivity index (χ0v) is 13.2. The highest BCUT2D eigenvalue weighted by Crippen LogP contribution is 2.28. The Hall–Kier alpha value is -2.86. The summed E-state index contributed by atoms with van der Waals surface area (Å²) in [6.07, 6.45) is -0.368. The summed E-state index contributed by atoms with van der Waals surface area (Å²) in [7, 11) is 0. The molecule has 2 rings (SSSR count). The molecule has 0 radical (unpaired) electrons. The molecule has 0 heterocycles. The molecule has 0 saturated heterocycles. The Morgan fingerprint density at radius 2 is 1.62 bits per heavy atom. The zero-order chi connectivity index (χ0) is 17.7. The second kappa shape index (κ2) is 7.61. The van der Waals surface area contributed by atoms with Crippen LogP contribution >= 0.6 is 11.6 Å². The number of carbonyl (C=O) groups excluding carboxylic acids is 1. The number of aromatic carboxylic acids is 1. The highest BCUT2D eigenvalue weighted by molar-refractivity contribution is 6.31. The summed E-state index contributed by atoms with van der Waals surface area (Å²) >= 11 is 6.00. The second-order valence-electron chi connectivity index (χ2n) is 5.02. The first kappa shape index (κ1) is 17.5. The Kier molecular flexibility index (Phi) is 5.55. The number of para-hydroxylation sites is 1. The predicted molar refractivity (Wildman–Crippen MR) is 88.5 cm³/mol. The van der Waals surface area contributed by atoms with E-state index in [2.05, 4.69) is 5.32 Å². The van der Waals surface area contributed by atoms with Gasteiger partial charge in [-0.3, -0.25) is 9.59 Å². The number of anilines is 1. The van der Waals surface area contributed by atoms with Crippen molar-refractivity contribution in [2.45, 2.75) is 12.3 Å². The van der Waals surface area contributed by atoms with E-state index < -0.39 is 23.8 Å². The van der Waals surface area contributed by atoms with Gasteiger partial charge in [0, 0.05) is 11.4 Å². The van der Waals surface area contributed by atoms with Crippen LogP contribution in [0.5, 0.6) is 0 Å². The van der Waals surface area contributed by atoms with Crippen molar-refractivity contribution in [1.29, 1.82) is 0 Å². The topological polar surface area (TPSA) is 104 Å². The minimum atomic E-state index is -1.19. The molecule has 2 aromatic carbocycles. The highest BCUT2D eigenvalue weighted by atomic mass is 35.5. The predicted octanol–water partition coefficient (Wildman–Crippen LogP) is 3.24. The summed E-state index contributed by atoms with van der Waals surface area (Å²) in [6, 6.07) is 12.3. The normalized spacial score (nSPS) is 11.5. The van der Waals surface area contributed by atoms with Gasteiger partial charge in [-0.25, -0.2) is 4.79 Å². The molecule has 0 saturated carbocycles. The third-order valence-corrected chi connectivity index (χ3v) is 3.74. The molecule has 2 aromatic rings. The molecule has 0 aliphatic rings. The number of aliphatic carboxylic acids is 1. The summed E-state index contributed by atoms with van der Waals surface area (Å²) in [5.74, 6) is -4.12. The maximum absolute atomic E-state index is 12.2. The Morgan fingerprint density at radius 3 is 2.25 bits per heavy atom. The standard InChI is InChI=1S/C17H14ClNO5/c18-13-7-3-1-5-10(13)12(17(23)24)9-15(20)19-14-8-4-2-6-11(14)16(21)22/h1-8,12H,9H2,(H,19,20)(H,21,22)(H,23,24)/t12-/m1/s1. The summed E-state index contributed by atoms with van der Waals surface area (Å²) in [6.45, 7) is 0. The van der Waals surface area contributed by atoms with Crippen LogP contribution in [0.1, 0.15) is 28.3 Å². The Bertz CT molecular complexity index is 790. The summed E-state index contributed by atoms with van der Waals surface area (Å²) < 4.78 is 0. The van der Waals surface area contributed by atoms with Crippen molar-refractivity contribution in [1.82, 2.24) is 0 Å². The Morgan fingerprint density at radius 1 is 1.00 bits per heavy atom. The van der Waals surface area contributed by atoms with Crippen molar-refractivity contribution in [2.75, 3.05) is 5.32 Å². The van der Waals surface area contributed by atoms with Crippen LogP contribution in [0.4, 0.5) is 5.69 Å². The van der Waals surface area contributed by atoms with Crippen molar-refractivity contribution in [3.05, 3.63) is 64.7 Å². The van der Waals surface area contributed by atoms with Crippen molar-refractivity contribution in [3.63, 3.8) is 0 Å². The van der Waals surface area contributed by atoms with E-state index in [0.29, 0.717) is 5.56 Å². The van der Waals surface area contributed by atoms with E-state index in [1.165, 1.54) is 18.2 Å². The first-order valence-electron chi connectivity index (χ1n) is 6.99. The lowest BCUT2D eigenvalue weighted by Crippen LogP contribution is -2.22. The van der Waals surface area contributed by atoms with Gasteiger partial charge in [0.05, 0.1) is 17.2 Å². The van der Waals surface area contributed by atoms with Crippen LogP contribution in [0.15, 0.2) is 48.5 Å². The van der Waals surface area contributed by atoms with Crippen molar-refractivity contribution in [2.24, 2.45) is 0 Å². The van der Waals surface area contributed by atoms with Crippen LogP contribution in [0.3, 0.4) is 0 Å². The SMILES string of the molecule is O=C(C[C@@H](C(=O)O)c1ccccc1Cl)Nc1ccccc1C(=O)O. The van der Waals surface area contributed by atoms with Gasteiger partial charge in [0.1, 0.15) is 0 Å². The molecule has 0 aromatic heterocycles. The fourth-order valence-electron chi connectivity index (χ4n) is 2.25. The molecule has 0 unspecified atom stereocenters. The molecular formula is C17H14ClNO5. The first-order chi connectivity index (χ1) is 11.4. The average Bonchev–Trinajstić information content (AvgIpc) is 2.53.